The fourth-order valence-electron chi connectivity index (χ4n) is 0.667. The Hall–Kier alpha value is -0.540. The molecule has 0 rings (SSSR count). The normalized spacial score (nSPS) is 9.55. The second-order valence-corrected chi connectivity index (χ2v) is 2.85. The molecule has 0 atom stereocenters. The zero-order chi connectivity index (χ0) is 8.85. The summed E-state index contributed by atoms with van der Waals surface area (Å²) < 4.78 is 0. The van der Waals surface area contributed by atoms with E-state index in [1.54, 1.807) is 0 Å². The average molecular weight is 158 g/mol. The average Bonchev–Trinajstić information content (AvgIpc) is 1.98. The van der Waals surface area contributed by atoms with Crippen LogP contribution in [0.4, 0.5) is 0 Å². The lowest BCUT2D eigenvalue weighted by atomic mass is 10.2. The van der Waals surface area contributed by atoms with E-state index < -0.39 is 0 Å². The third-order valence-electron chi connectivity index (χ3n) is 1.68. The second kappa shape index (κ2) is 5.16. The van der Waals surface area contributed by atoms with E-state index >= 15 is 0 Å². The van der Waals surface area contributed by atoms with E-state index in [0.717, 1.165) is 17.7 Å². The summed E-state index contributed by atoms with van der Waals surface area (Å²) in [7, 11) is 0. The Labute approximate surface area is 68.5 Å². The highest BCUT2D eigenvalue weighted by Gasteiger charge is 2.00. The minimum Gasteiger partial charge on any atom is -0.330 e. The summed E-state index contributed by atoms with van der Waals surface area (Å²) >= 11 is 0. The van der Waals surface area contributed by atoms with Crippen LogP contribution < -0.4 is 5.73 Å². The van der Waals surface area contributed by atoms with Crippen molar-refractivity contribution in [1.29, 1.82) is 0 Å². The van der Waals surface area contributed by atoms with Crippen LogP contribution in [0, 0.1) is 0 Å². The first-order valence-electron chi connectivity index (χ1n) is 3.90. The van der Waals surface area contributed by atoms with Gasteiger partial charge >= 0.3 is 0 Å². The van der Waals surface area contributed by atoms with Crippen LogP contribution in [-0.2, 0) is 0 Å². The first kappa shape index (κ1) is 10.5. The molecule has 11 heavy (non-hydrogen) atoms. The van der Waals surface area contributed by atoms with Gasteiger partial charge in [-0.1, -0.05) is 5.57 Å². The van der Waals surface area contributed by atoms with Gasteiger partial charge in [-0.15, -0.1) is 0 Å². The fourth-order valence-corrected chi connectivity index (χ4v) is 0.667. The largest absolute Gasteiger partial charge is 0.330 e. The number of hydrogen-bond acceptors (Lipinski definition) is 3. The summed E-state index contributed by atoms with van der Waals surface area (Å²) in [5, 5.41) is 10.6. The number of hydrogen-bond donors (Lipinski definition) is 2. The van der Waals surface area contributed by atoms with E-state index in [9.17, 15) is 5.21 Å². The molecule has 3 heteroatoms. The van der Waals surface area contributed by atoms with Crippen LogP contribution in [0.15, 0.2) is 11.3 Å². The summed E-state index contributed by atoms with van der Waals surface area (Å²) in [4.78, 5) is 0. The molecular formula is C8H18N2O. The number of hydroxylamine groups is 2. The Bertz CT molecular complexity index is 139. The number of nitrogens with two attached hydrogens (primary N) is 1. The molecule has 0 heterocycles. The molecule has 0 aliphatic rings. The van der Waals surface area contributed by atoms with Gasteiger partial charge in [0.1, 0.15) is 0 Å². The summed E-state index contributed by atoms with van der Waals surface area (Å²) in [5.74, 6) is 0. The maximum atomic E-state index is 9.34. The zero-order valence-corrected chi connectivity index (χ0v) is 7.59. The first-order valence-corrected chi connectivity index (χ1v) is 3.90. The molecular weight excluding hydrogens is 140 g/mol. The predicted molar refractivity (Wildman–Crippen MR) is 46.2 cm³/mol. The fraction of sp³-hybridized carbons (Fsp3) is 0.750. The molecule has 0 saturated carbocycles. The van der Waals surface area contributed by atoms with Crippen LogP contribution in [0.5, 0.6) is 0 Å². The highest BCUT2D eigenvalue weighted by atomic mass is 16.5. The van der Waals surface area contributed by atoms with E-state index in [0.29, 0.717) is 13.1 Å². The highest BCUT2D eigenvalue weighted by Crippen LogP contribution is 2.05. The van der Waals surface area contributed by atoms with Gasteiger partial charge in [-0.25, -0.2) is 0 Å². The van der Waals surface area contributed by atoms with Crippen molar-refractivity contribution in [1.82, 2.24) is 5.06 Å². The summed E-state index contributed by atoms with van der Waals surface area (Å²) in [5.41, 5.74) is 7.34. The Balaban J connectivity index is 3.83. The summed E-state index contributed by atoms with van der Waals surface area (Å²) in [6, 6.07) is 0. The molecule has 0 fully saturated rings. The molecule has 0 aromatic rings. The van der Waals surface area contributed by atoms with E-state index in [2.05, 4.69) is 0 Å². The third kappa shape index (κ3) is 4.01. The van der Waals surface area contributed by atoms with Crippen LogP contribution >= 0.6 is 0 Å². The van der Waals surface area contributed by atoms with Crippen molar-refractivity contribution in [3.05, 3.63) is 11.3 Å². The van der Waals surface area contributed by atoms with Gasteiger partial charge in [0, 0.05) is 12.2 Å². The van der Waals surface area contributed by atoms with Gasteiger partial charge in [0.2, 0.25) is 0 Å². The minimum atomic E-state index is 0.618. The molecule has 0 aliphatic heterocycles. The van der Waals surface area contributed by atoms with Crippen LogP contribution in [-0.4, -0.2) is 23.4 Å². The van der Waals surface area contributed by atoms with Crippen molar-refractivity contribution in [2.24, 2.45) is 5.73 Å². The third-order valence-corrected chi connectivity index (χ3v) is 1.68. The Morgan fingerprint density at radius 2 is 1.91 bits per heavy atom. The Morgan fingerprint density at radius 3 is 2.27 bits per heavy atom. The molecule has 0 saturated heterocycles. The maximum Gasteiger partial charge on any atom is 0.0461 e. The molecule has 0 aromatic carbocycles. The van der Waals surface area contributed by atoms with Gasteiger partial charge < -0.3 is 5.73 Å². The molecule has 3 nitrogen and oxygen atoms in total. The zero-order valence-electron chi connectivity index (χ0n) is 7.59. The lowest BCUT2D eigenvalue weighted by Gasteiger charge is -2.18. The second-order valence-electron chi connectivity index (χ2n) is 2.85. The lowest BCUT2D eigenvalue weighted by molar-refractivity contribution is -0.0561. The van der Waals surface area contributed by atoms with Crippen molar-refractivity contribution in [2.45, 2.75) is 27.2 Å². The van der Waals surface area contributed by atoms with Gasteiger partial charge in [0.15, 0.2) is 0 Å². The van der Waals surface area contributed by atoms with Crippen LogP contribution in [0.2, 0.25) is 0 Å². The molecule has 0 bridgehead atoms. The molecule has 0 unspecified atom stereocenters. The summed E-state index contributed by atoms with van der Waals surface area (Å²) in [6.07, 6.45) is 0.821. The molecule has 66 valence electrons. The van der Waals surface area contributed by atoms with E-state index in [-0.39, 0.29) is 0 Å². The topological polar surface area (TPSA) is 49.5 Å². The smallest absolute Gasteiger partial charge is 0.0461 e. The van der Waals surface area contributed by atoms with Gasteiger partial charge in [-0.05, 0) is 33.7 Å². The van der Waals surface area contributed by atoms with Gasteiger partial charge in [-0.3, -0.25) is 10.3 Å². The van der Waals surface area contributed by atoms with Crippen LogP contribution in [0.1, 0.15) is 27.2 Å². The Kier molecular flexibility index (Phi) is 4.90. The Morgan fingerprint density at radius 1 is 1.36 bits per heavy atom. The lowest BCUT2D eigenvalue weighted by Crippen LogP contribution is -2.21. The maximum absolute atomic E-state index is 9.34. The van der Waals surface area contributed by atoms with Crippen LogP contribution in [0.25, 0.3) is 0 Å². The minimum absolute atomic E-state index is 0.618. The molecule has 0 radical (unpaired) electrons. The van der Waals surface area contributed by atoms with Crippen molar-refractivity contribution >= 4 is 0 Å². The summed E-state index contributed by atoms with van der Waals surface area (Å²) in [6.45, 7) is 7.08. The van der Waals surface area contributed by atoms with Crippen LogP contribution in [0.3, 0.4) is 0 Å². The van der Waals surface area contributed by atoms with Gasteiger partial charge in [0.25, 0.3) is 0 Å². The predicted octanol–water partition coefficient (Wildman–Crippen LogP) is 1.34. The van der Waals surface area contributed by atoms with Crippen molar-refractivity contribution in [2.75, 3.05) is 13.1 Å². The SMILES string of the molecule is CC(C)=C(C)N(O)CCCN. The standard InChI is InChI=1S/C8H18N2O/c1-7(2)8(3)10(11)6-4-5-9/h11H,4-6,9H2,1-3H3. The van der Waals surface area contributed by atoms with Gasteiger partial charge in [-0.2, -0.15) is 0 Å². The molecule has 0 amide bonds. The van der Waals surface area contributed by atoms with Gasteiger partial charge in [0.05, 0.1) is 0 Å². The van der Waals surface area contributed by atoms with Crippen molar-refractivity contribution in [3.8, 4) is 0 Å². The number of rotatable bonds is 4. The monoisotopic (exact) mass is 158 g/mol. The molecule has 0 spiro atoms. The van der Waals surface area contributed by atoms with E-state index in [4.69, 9.17) is 5.73 Å². The van der Waals surface area contributed by atoms with Crippen molar-refractivity contribution in [3.63, 3.8) is 0 Å². The van der Waals surface area contributed by atoms with Crippen molar-refractivity contribution < 1.29 is 5.21 Å². The van der Waals surface area contributed by atoms with E-state index in [1.165, 1.54) is 5.06 Å². The van der Waals surface area contributed by atoms with E-state index in [1.807, 2.05) is 20.8 Å². The molecule has 3 N–H and O–H groups in total. The molecule has 0 aromatic heterocycles. The first-order chi connectivity index (χ1) is 5.09. The number of nitrogens with zero attached hydrogens (tertiary/aromatic N) is 1. The highest BCUT2D eigenvalue weighted by molar-refractivity contribution is 5.03. The number of allylic oxidation sites excluding steroid dienone is 2. The quantitative estimate of drug-likeness (QED) is 0.607. The molecule has 0 aliphatic carbocycles.